The standard InChI is InChI=1S/C16H24N2O2/c1-12-10-14(17)8-9-18(12)16(19)7-6-13-4-3-5-15(11-13)20-2/h3-5,11-12,14H,6-10,17H2,1-2H3/t12-,14+/m1/s1. The average molecular weight is 276 g/mol. The lowest BCUT2D eigenvalue weighted by molar-refractivity contribution is -0.134. The highest BCUT2D eigenvalue weighted by atomic mass is 16.5. The maximum Gasteiger partial charge on any atom is 0.223 e. The second-order valence-electron chi connectivity index (χ2n) is 5.57. The molecule has 2 N–H and O–H groups in total. The van der Waals surface area contributed by atoms with Crippen molar-refractivity contribution < 1.29 is 9.53 Å². The van der Waals surface area contributed by atoms with Crippen molar-refractivity contribution in [2.24, 2.45) is 5.73 Å². The van der Waals surface area contributed by atoms with Crippen LogP contribution in [-0.2, 0) is 11.2 Å². The monoisotopic (exact) mass is 276 g/mol. The quantitative estimate of drug-likeness (QED) is 0.914. The van der Waals surface area contributed by atoms with Gasteiger partial charge in [0.05, 0.1) is 7.11 Å². The number of methoxy groups -OCH3 is 1. The molecule has 0 bridgehead atoms. The Balaban J connectivity index is 1.88. The van der Waals surface area contributed by atoms with Gasteiger partial charge >= 0.3 is 0 Å². The molecule has 110 valence electrons. The molecule has 0 radical (unpaired) electrons. The molecule has 0 spiro atoms. The first-order valence-corrected chi connectivity index (χ1v) is 7.28. The first kappa shape index (κ1) is 14.9. The van der Waals surface area contributed by atoms with E-state index in [1.165, 1.54) is 0 Å². The maximum atomic E-state index is 12.3. The number of piperidine rings is 1. The summed E-state index contributed by atoms with van der Waals surface area (Å²) in [6.45, 7) is 2.88. The Morgan fingerprint density at radius 3 is 3.00 bits per heavy atom. The molecule has 1 heterocycles. The lowest BCUT2D eigenvalue weighted by Crippen LogP contribution is -2.48. The Hall–Kier alpha value is -1.55. The fourth-order valence-corrected chi connectivity index (χ4v) is 2.80. The van der Waals surface area contributed by atoms with Crippen LogP contribution < -0.4 is 10.5 Å². The fourth-order valence-electron chi connectivity index (χ4n) is 2.80. The number of benzene rings is 1. The number of hydrogen-bond acceptors (Lipinski definition) is 3. The summed E-state index contributed by atoms with van der Waals surface area (Å²) in [5.41, 5.74) is 7.07. The summed E-state index contributed by atoms with van der Waals surface area (Å²) in [5, 5.41) is 0. The second-order valence-corrected chi connectivity index (χ2v) is 5.57. The number of rotatable bonds is 4. The molecular formula is C16H24N2O2. The number of ether oxygens (including phenoxy) is 1. The van der Waals surface area contributed by atoms with Crippen LogP contribution >= 0.6 is 0 Å². The molecule has 1 aliphatic rings. The van der Waals surface area contributed by atoms with Crippen molar-refractivity contribution in [2.75, 3.05) is 13.7 Å². The third-order valence-electron chi connectivity index (χ3n) is 4.00. The van der Waals surface area contributed by atoms with Crippen molar-refractivity contribution in [3.63, 3.8) is 0 Å². The molecule has 2 atom stereocenters. The number of carbonyl (C=O) groups excluding carboxylic acids is 1. The van der Waals surface area contributed by atoms with Gasteiger partial charge in [0, 0.05) is 25.0 Å². The number of aryl methyl sites for hydroxylation is 1. The normalized spacial score (nSPS) is 22.6. The van der Waals surface area contributed by atoms with Crippen LogP contribution in [0.15, 0.2) is 24.3 Å². The summed E-state index contributed by atoms with van der Waals surface area (Å²) < 4.78 is 5.20. The molecule has 1 fully saturated rings. The maximum absolute atomic E-state index is 12.3. The number of amides is 1. The lowest BCUT2D eigenvalue weighted by Gasteiger charge is -2.36. The lowest BCUT2D eigenvalue weighted by atomic mass is 9.98. The minimum absolute atomic E-state index is 0.229. The average Bonchev–Trinajstić information content (AvgIpc) is 2.45. The van der Waals surface area contributed by atoms with E-state index in [0.717, 1.165) is 37.1 Å². The van der Waals surface area contributed by atoms with Crippen LogP contribution in [0.1, 0.15) is 31.7 Å². The van der Waals surface area contributed by atoms with Gasteiger partial charge < -0.3 is 15.4 Å². The minimum atomic E-state index is 0.229. The zero-order valence-electron chi connectivity index (χ0n) is 12.3. The van der Waals surface area contributed by atoms with Crippen molar-refractivity contribution in [1.29, 1.82) is 0 Å². The van der Waals surface area contributed by atoms with Gasteiger partial charge in [-0.3, -0.25) is 4.79 Å². The van der Waals surface area contributed by atoms with Crippen LogP contribution in [0.3, 0.4) is 0 Å². The van der Waals surface area contributed by atoms with Gasteiger partial charge in [-0.1, -0.05) is 12.1 Å². The van der Waals surface area contributed by atoms with E-state index in [9.17, 15) is 4.79 Å². The fraction of sp³-hybridized carbons (Fsp3) is 0.562. The van der Waals surface area contributed by atoms with Gasteiger partial charge in [0.15, 0.2) is 0 Å². The van der Waals surface area contributed by atoms with E-state index in [1.54, 1.807) is 7.11 Å². The van der Waals surface area contributed by atoms with Crippen molar-refractivity contribution >= 4 is 5.91 Å². The van der Waals surface area contributed by atoms with Crippen LogP contribution in [0.25, 0.3) is 0 Å². The smallest absolute Gasteiger partial charge is 0.223 e. The Morgan fingerprint density at radius 1 is 1.50 bits per heavy atom. The first-order valence-electron chi connectivity index (χ1n) is 7.28. The highest BCUT2D eigenvalue weighted by Gasteiger charge is 2.26. The molecule has 0 aliphatic carbocycles. The Labute approximate surface area is 120 Å². The summed E-state index contributed by atoms with van der Waals surface area (Å²) in [6.07, 6.45) is 3.12. The van der Waals surface area contributed by atoms with Gasteiger partial charge in [-0.05, 0) is 43.9 Å². The van der Waals surface area contributed by atoms with Gasteiger partial charge in [0.25, 0.3) is 0 Å². The van der Waals surface area contributed by atoms with Crippen molar-refractivity contribution in [2.45, 2.75) is 44.7 Å². The van der Waals surface area contributed by atoms with Crippen LogP contribution in [0, 0.1) is 0 Å². The number of likely N-dealkylation sites (tertiary alicyclic amines) is 1. The molecule has 1 saturated heterocycles. The van der Waals surface area contributed by atoms with Crippen molar-refractivity contribution in [3.05, 3.63) is 29.8 Å². The van der Waals surface area contributed by atoms with Gasteiger partial charge in [-0.25, -0.2) is 0 Å². The van der Waals surface area contributed by atoms with Gasteiger partial charge in [0.2, 0.25) is 5.91 Å². The first-order chi connectivity index (χ1) is 9.60. The molecule has 4 heteroatoms. The van der Waals surface area contributed by atoms with E-state index >= 15 is 0 Å². The van der Waals surface area contributed by atoms with E-state index < -0.39 is 0 Å². The molecule has 0 unspecified atom stereocenters. The summed E-state index contributed by atoms with van der Waals surface area (Å²) >= 11 is 0. The van der Waals surface area contributed by atoms with E-state index in [0.29, 0.717) is 6.42 Å². The number of carbonyl (C=O) groups is 1. The zero-order valence-corrected chi connectivity index (χ0v) is 12.3. The molecule has 0 saturated carbocycles. The largest absolute Gasteiger partial charge is 0.497 e. The van der Waals surface area contributed by atoms with Crippen molar-refractivity contribution in [3.8, 4) is 5.75 Å². The molecule has 0 aromatic heterocycles. The zero-order chi connectivity index (χ0) is 14.5. The molecule has 1 aromatic carbocycles. The van der Waals surface area contributed by atoms with Crippen LogP contribution in [0.4, 0.5) is 0 Å². The molecule has 4 nitrogen and oxygen atoms in total. The SMILES string of the molecule is COc1cccc(CCC(=O)N2CC[C@H](N)C[C@H]2C)c1. The van der Waals surface area contributed by atoms with Crippen LogP contribution in [-0.4, -0.2) is 36.5 Å². The number of nitrogens with zero attached hydrogens (tertiary/aromatic N) is 1. The number of nitrogens with two attached hydrogens (primary N) is 1. The van der Waals surface area contributed by atoms with Crippen LogP contribution in [0.5, 0.6) is 5.75 Å². The second kappa shape index (κ2) is 6.75. The molecule has 2 rings (SSSR count). The molecule has 1 amide bonds. The summed E-state index contributed by atoms with van der Waals surface area (Å²) in [6, 6.07) is 8.40. The van der Waals surface area contributed by atoms with E-state index in [2.05, 4.69) is 6.92 Å². The third kappa shape index (κ3) is 3.73. The van der Waals surface area contributed by atoms with Gasteiger partial charge in [0.1, 0.15) is 5.75 Å². The van der Waals surface area contributed by atoms with E-state index in [4.69, 9.17) is 10.5 Å². The predicted molar refractivity (Wildman–Crippen MR) is 79.7 cm³/mol. The van der Waals surface area contributed by atoms with Crippen molar-refractivity contribution in [1.82, 2.24) is 4.90 Å². The van der Waals surface area contributed by atoms with Gasteiger partial charge in [-0.15, -0.1) is 0 Å². The molecule has 1 aromatic rings. The highest BCUT2D eigenvalue weighted by molar-refractivity contribution is 5.77. The van der Waals surface area contributed by atoms with E-state index in [-0.39, 0.29) is 18.0 Å². The third-order valence-corrected chi connectivity index (χ3v) is 4.00. The molecule has 20 heavy (non-hydrogen) atoms. The summed E-state index contributed by atoms with van der Waals surface area (Å²) in [5.74, 6) is 1.07. The number of hydrogen-bond donors (Lipinski definition) is 1. The highest BCUT2D eigenvalue weighted by Crippen LogP contribution is 2.19. The Bertz CT molecular complexity index is 462. The Morgan fingerprint density at radius 2 is 2.30 bits per heavy atom. The Kier molecular flexibility index (Phi) is 5.01. The van der Waals surface area contributed by atoms with E-state index in [1.807, 2.05) is 29.2 Å². The summed E-state index contributed by atoms with van der Waals surface area (Å²) in [7, 11) is 1.66. The van der Waals surface area contributed by atoms with Crippen LogP contribution in [0.2, 0.25) is 0 Å². The predicted octanol–water partition coefficient (Wildman–Crippen LogP) is 1.97. The topological polar surface area (TPSA) is 55.6 Å². The minimum Gasteiger partial charge on any atom is -0.497 e. The molecule has 1 aliphatic heterocycles. The van der Waals surface area contributed by atoms with Gasteiger partial charge in [-0.2, -0.15) is 0 Å². The molecular weight excluding hydrogens is 252 g/mol. The summed E-state index contributed by atoms with van der Waals surface area (Å²) in [4.78, 5) is 14.3.